The van der Waals surface area contributed by atoms with Gasteiger partial charge < -0.3 is 23.6 Å². The van der Waals surface area contributed by atoms with Gasteiger partial charge in [-0.2, -0.15) is 4.98 Å². The van der Waals surface area contributed by atoms with E-state index in [1.54, 1.807) is 0 Å². The van der Waals surface area contributed by atoms with Gasteiger partial charge in [-0.25, -0.2) is 14.6 Å². The van der Waals surface area contributed by atoms with E-state index >= 15 is 0 Å². The van der Waals surface area contributed by atoms with Gasteiger partial charge in [0.05, 0.1) is 24.1 Å². The predicted octanol–water partition coefficient (Wildman–Crippen LogP) is 11.2. The van der Waals surface area contributed by atoms with E-state index in [0.717, 1.165) is 9.75 Å². The number of hydrogen-bond donors (Lipinski definition) is 1. The van der Waals surface area contributed by atoms with Crippen LogP contribution in [0.1, 0.15) is 92.8 Å². The molecule has 286 valence electrons. The zero-order valence-corrected chi connectivity index (χ0v) is 37.8. The largest absolute Gasteiger partial charge is 0.541 e. The second-order valence-corrected chi connectivity index (χ2v) is 30.0. The highest BCUT2D eigenvalue weighted by Gasteiger charge is 2.42. The first-order valence-electron chi connectivity index (χ1n) is 17.3. The third kappa shape index (κ3) is 11.9. The maximum absolute atomic E-state index is 13.9. The molecule has 0 aromatic carbocycles. The van der Waals surface area contributed by atoms with Crippen LogP contribution < -0.4 is 14.6 Å². The van der Waals surface area contributed by atoms with Crippen molar-refractivity contribution in [3.8, 4) is 5.75 Å². The number of aromatic nitrogens is 2. The van der Waals surface area contributed by atoms with Gasteiger partial charge >= 0.3 is 12.2 Å². The van der Waals surface area contributed by atoms with Crippen molar-refractivity contribution in [2.75, 3.05) is 11.5 Å². The molecule has 0 saturated heterocycles. The lowest BCUT2D eigenvalue weighted by atomic mass is 10.1. The number of amides is 2. The number of alkyl carbamates (subject to hydrolysis) is 1. The predicted molar refractivity (Wildman–Crippen MR) is 217 cm³/mol. The maximum atomic E-state index is 13.9. The Bertz CT molecular complexity index is 1670. The zero-order chi connectivity index (χ0) is 39.0. The van der Waals surface area contributed by atoms with Gasteiger partial charge in [0, 0.05) is 11.3 Å². The van der Waals surface area contributed by atoms with Crippen molar-refractivity contribution in [1.82, 2.24) is 15.3 Å². The summed E-state index contributed by atoms with van der Waals surface area (Å²) >= 11 is 9.64. The fraction of sp³-hybridized carbons (Fsp3) is 0.667. The van der Waals surface area contributed by atoms with Gasteiger partial charge in [0.2, 0.25) is 5.28 Å². The highest BCUT2D eigenvalue weighted by atomic mass is 35.5. The van der Waals surface area contributed by atoms with Crippen LogP contribution in [0.5, 0.6) is 5.75 Å². The molecule has 0 radical (unpaired) electrons. The van der Waals surface area contributed by atoms with Gasteiger partial charge in [-0.15, -0.1) is 22.7 Å². The number of nitrogens with one attached hydrogen (secondary N) is 1. The van der Waals surface area contributed by atoms with Crippen LogP contribution in [0.4, 0.5) is 15.4 Å². The molecule has 1 N–H and O–H groups in total. The van der Waals surface area contributed by atoms with Gasteiger partial charge in [0.25, 0.3) is 8.32 Å². The van der Waals surface area contributed by atoms with E-state index in [2.05, 4.69) is 78.0 Å². The molecule has 51 heavy (non-hydrogen) atoms. The molecule has 0 saturated carbocycles. The van der Waals surface area contributed by atoms with E-state index in [1.807, 2.05) is 59.1 Å². The lowest BCUT2D eigenvalue weighted by molar-refractivity contribution is 0.0484. The SMILES string of the molecule is CC(C)(C)OC(=O)N[C@@H](CO[Si](C)(C)C(C)(C)C)Cc1sc2c(N(Cc3cccs3)C(=O)OC(C)(C)C)nc(Cl)nc2c1O[Si](C)(C)C(C)(C)C. The van der Waals surface area contributed by atoms with Gasteiger partial charge in [-0.05, 0) is 101 Å². The molecule has 3 aromatic rings. The average Bonchev–Trinajstić information content (AvgIpc) is 3.55. The molecular formula is C36H59ClN4O6S2Si2. The Kier molecular flexibility index (Phi) is 13.2. The van der Waals surface area contributed by atoms with Crippen molar-refractivity contribution >= 4 is 79.1 Å². The van der Waals surface area contributed by atoms with Crippen LogP contribution in [-0.2, 0) is 26.9 Å². The zero-order valence-electron chi connectivity index (χ0n) is 33.4. The fourth-order valence-corrected chi connectivity index (χ4v) is 8.53. The van der Waals surface area contributed by atoms with E-state index in [0.29, 0.717) is 28.2 Å². The van der Waals surface area contributed by atoms with Crippen LogP contribution in [0.25, 0.3) is 10.2 Å². The second-order valence-electron chi connectivity index (χ2n) is 18.0. The molecule has 0 aliphatic carbocycles. The van der Waals surface area contributed by atoms with Crippen molar-refractivity contribution < 1.29 is 27.9 Å². The first-order valence-corrected chi connectivity index (χ1v) is 25.2. The number of carbonyl (C=O) groups excluding carboxylic acids is 2. The molecule has 0 bridgehead atoms. The Labute approximate surface area is 320 Å². The number of hydrogen-bond acceptors (Lipinski definition) is 10. The molecule has 0 fully saturated rings. The highest BCUT2D eigenvalue weighted by Crippen LogP contribution is 2.47. The number of anilines is 1. The molecule has 0 spiro atoms. The number of rotatable bonds is 11. The van der Waals surface area contributed by atoms with E-state index < -0.39 is 46.1 Å². The molecular weight excluding hydrogens is 740 g/mol. The number of fused-ring (bicyclic) bond motifs is 1. The third-order valence-electron chi connectivity index (χ3n) is 9.05. The minimum absolute atomic E-state index is 0.0219. The van der Waals surface area contributed by atoms with Gasteiger partial charge in [0.15, 0.2) is 14.1 Å². The standard InChI is InChI=1S/C36H59ClN4O6S2Si2/c1-33(2,3)45-31(42)38-23(22-44-50(13,14)35(7,8)9)20-25-27(47-51(15,16)36(10,11)12)26-28(49-25)29(40-30(37)39-26)41(21-24-18-17-19-48-24)32(43)46-34(4,5)6/h17-19,23H,20-22H2,1-16H3,(H,38,42)/t23-/m1/s1. The maximum Gasteiger partial charge on any atom is 0.416 e. The van der Waals surface area contributed by atoms with Gasteiger partial charge in [-0.3, -0.25) is 4.90 Å². The molecule has 3 heterocycles. The Morgan fingerprint density at radius 1 is 0.902 bits per heavy atom. The van der Waals surface area contributed by atoms with E-state index in [-0.39, 0.29) is 28.5 Å². The monoisotopic (exact) mass is 798 g/mol. The van der Waals surface area contributed by atoms with Crippen LogP contribution >= 0.6 is 34.3 Å². The first-order chi connectivity index (χ1) is 23.0. The van der Waals surface area contributed by atoms with Crippen molar-refractivity contribution in [1.29, 1.82) is 0 Å². The van der Waals surface area contributed by atoms with Crippen molar-refractivity contribution in [2.45, 2.75) is 150 Å². The quantitative estimate of drug-likeness (QED) is 0.151. The molecule has 1 atom stereocenters. The summed E-state index contributed by atoms with van der Waals surface area (Å²) in [5.41, 5.74) is -0.920. The summed E-state index contributed by atoms with van der Waals surface area (Å²) in [6.45, 7) is 33.3. The fourth-order valence-electron chi connectivity index (χ4n) is 4.27. The summed E-state index contributed by atoms with van der Waals surface area (Å²) in [4.78, 5) is 39.8. The van der Waals surface area contributed by atoms with Crippen LogP contribution in [0, 0.1) is 0 Å². The van der Waals surface area contributed by atoms with E-state index in [9.17, 15) is 9.59 Å². The van der Waals surface area contributed by atoms with E-state index in [4.69, 9.17) is 34.9 Å². The Hall–Kier alpha value is -2.24. The summed E-state index contributed by atoms with van der Waals surface area (Å²) in [6.07, 6.45) is -0.733. The normalized spacial score (nSPS) is 14.0. The topological polar surface area (TPSA) is 112 Å². The lowest BCUT2D eigenvalue weighted by Crippen LogP contribution is -2.48. The summed E-state index contributed by atoms with van der Waals surface area (Å²) in [6, 6.07) is 3.43. The highest BCUT2D eigenvalue weighted by molar-refractivity contribution is 7.20. The molecule has 15 heteroatoms. The van der Waals surface area contributed by atoms with Crippen molar-refractivity contribution in [3.05, 3.63) is 32.6 Å². The molecule has 2 amide bonds. The molecule has 0 aliphatic heterocycles. The number of thiophene rings is 2. The van der Waals surface area contributed by atoms with E-state index in [1.165, 1.54) is 27.6 Å². The molecule has 10 nitrogen and oxygen atoms in total. The Morgan fingerprint density at radius 2 is 1.49 bits per heavy atom. The first kappa shape index (κ1) is 43.2. The van der Waals surface area contributed by atoms with Crippen molar-refractivity contribution in [3.63, 3.8) is 0 Å². The van der Waals surface area contributed by atoms with Gasteiger partial charge in [-0.1, -0.05) is 47.6 Å². The lowest BCUT2D eigenvalue weighted by Gasteiger charge is -2.38. The number of halogens is 1. The van der Waals surface area contributed by atoms with Crippen LogP contribution in [0.15, 0.2) is 17.5 Å². The van der Waals surface area contributed by atoms with Crippen LogP contribution in [0.3, 0.4) is 0 Å². The number of ether oxygens (including phenoxy) is 2. The molecule has 0 unspecified atom stereocenters. The van der Waals surface area contributed by atoms with Crippen molar-refractivity contribution in [2.24, 2.45) is 0 Å². The Morgan fingerprint density at radius 3 is 2.00 bits per heavy atom. The minimum Gasteiger partial charge on any atom is -0.541 e. The second kappa shape index (κ2) is 15.6. The number of carbonyl (C=O) groups is 2. The van der Waals surface area contributed by atoms with Crippen LogP contribution in [-0.4, -0.2) is 62.6 Å². The number of nitrogens with zero attached hydrogens (tertiary/aromatic N) is 3. The smallest absolute Gasteiger partial charge is 0.416 e. The summed E-state index contributed by atoms with van der Waals surface area (Å²) in [5, 5.41) is 4.85. The molecule has 3 aromatic heterocycles. The summed E-state index contributed by atoms with van der Waals surface area (Å²) in [5.74, 6) is 0.911. The molecule has 3 rings (SSSR count). The summed E-state index contributed by atoms with van der Waals surface area (Å²) in [7, 11) is -4.65. The minimum atomic E-state index is -2.45. The Balaban J connectivity index is 2.27. The average molecular weight is 800 g/mol. The summed E-state index contributed by atoms with van der Waals surface area (Å²) < 4.78 is 25.9. The van der Waals surface area contributed by atoms with Gasteiger partial charge in [0.1, 0.15) is 27.2 Å². The molecule has 0 aliphatic rings. The van der Waals surface area contributed by atoms with Crippen LogP contribution in [0.2, 0.25) is 41.5 Å². The third-order valence-corrected chi connectivity index (χ3v) is 20.1.